The predicted molar refractivity (Wildman–Crippen MR) is 386 cm³/mol. The van der Waals surface area contributed by atoms with Gasteiger partial charge in [-0.05, 0) is 149 Å². The Morgan fingerprint density at radius 1 is 0.454 bits per heavy atom. The van der Waals surface area contributed by atoms with Crippen LogP contribution < -0.4 is 19.3 Å². The number of hydrogen-bond acceptors (Lipinski definition) is 20. The molecule has 0 fully saturated rings. The van der Waals surface area contributed by atoms with Crippen LogP contribution in [0.15, 0.2) is 174 Å². The van der Waals surface area contributed by atoms with Crippen LogP contribution in [0.2, 0.25) is 0 Å². The summed E-state index contributed by atoms with van der Waals surface area (Å²) in [6.45, 7) is 23.2. The lowest BCUT2D eigenvalue weighted by Crippen LogP contribution is -2.33. The van der Waals surface area contributed by atoms with Gasteiger partial charge in [0.05, 0.1) is 76.7 Å². The number of nitro groups is 2. The van der Waals surface area contributed by atoms with Gasteiger partial charge in [-0.1, -0.05) is 124 Å². The lowest BCUT2D eigenvalue weighted by molar-refractivity contribution is -0.385. The zero-order chi connectivity index (χ0) is 70.4. The summed E-state index contributed by atoms with van der Waals surface area (Å²) in [5.41, 5.74) is 8.23. The van der Waals surface area contributed by atoms with Gasteiger partial charge >= 0.3 is 11.9 Å². The molecule has 6 aromatic carbocycles. The Kier molecular flexibility index (Phi) is 34.4. The van der Waals surface area contributed by atoms with Crippen molar-refractivity contribution in [1.82, 2.24) is 0 Å². The largest absolute Gasteiger partial charge is 0.494 e. The van der Waals surface area contributed by atoms with E-state index in [-0.39, 0.29) is 29.9 Å². The van der Waals surface area contributed by atoms with Crippen molar-refractivity contribution < 1.29 is 38.4 Å². The molecule has 0 heterocycles. The molecular formula is C75H100N12O10. The summed E-state index contributed by atoms with van der Waals surface area (Å²) in [4.78, 5) is 50.1. The summed E-state index contributed by atoms with van der Waals surface area (Å²) < 4.78 is 22.3. The van der Waals surface area contributed by atoms with Crippen molar-refractivity contribution in [2.24, 2.45) is 46.3 Å². The number of nitrogens with zero attached hydrogens (tertiary/aromatic N) is 12. The number of azo groups is 4. The number of ether oxygens (including phenoxy) is 4. The number of hydrogen-bond donors (Lipinski definition) is 0. The number of carbonyl (C=O) groups is 2. The first-order valence-corrected chi connectivity index (χ1v) is 34.1. The second-order valence-corrected chi connectivity index (χ2v) is 24.2. The lowest BCUT2D eigenvalue weighted by atomic mass is 9.85. The number of non-ortho nitro benzene ring substituents is 2. The number of aryl methyl sites for hydroxylation is 2. The zero-order valence-corrected chi connectivity index (χ0v) is 58.7. The van der Waals surface area contributed by atoms with Crippen molar-refractivity contribution in [2.75, 3.05) is 63.4 Å². The molecular weight excluding hydrogens is 1230 g/mol. The molecule has 0 unspecified atom stereocenters. The molecule has 0 aliphatic rings. The molecule has 520 valence electrons. The van der Waals surface area contributed by atoms with Gasteiger partial charge in [0.15, 0.2) is 0 Å². The molecule has 22 heteroatoms. The summed E-state index contributed by atoms with van der Waals surface area (Å²) in [6.07, 6.45) is 21.4. The van der Waals surface area contributed by atoms with E-state index in [9.17, 15) is 29.8 Å². The molecule has 0 bridgehead atoms. The molecule has 22 nitrogen and oxygen atoms in total. The number of rotatable bonds is 42. The highest BCUT2D eigenvalue weighted by molar-refractivity contribution is 5.87. The highest BCUT2D eigenvalue weighted by Crippen LogP contribution is 2.39. The first-order chi connectivity index (χ1) is 46.8. The van der Waals surface area contributed by atoms with E-state index in [0.717, 1.165) is 61.3 Å². The minimum atomic E-state index is -0.460. The maximum Gasteiger partial charge on any atom is 0.333 e. The zero-order valence-electron chi connectivity index (χ0n) is 58.7. The van der Waals surface area contributed by atoms with Gasteiger partial charge in [-0.25, -0.2) is 4.79 Å². The Labute approximate surface area is 573 Å². The molecule has 0 atom stereocenters. The molecule has 6 aromatic rings. The Bertz CT molecular complexity index is 3540. The number of carbonyl (C=O) groups excluding carboxylic acids is 2. The van der Waals surface area contributed by atoms with E-state index in [2.05, 4.69) is 71.1 Å². The number of benzene rings is 6. The minimum Gasteiger partial charge on any atom is -0.494 e. The summed E-state index contributed by atoms with van der Waals surface area (Å²) in [5, 5.41) is 56.6. The van der Waals surface area contributed by atoms with Gasteiger partial charge in [-0.3, -0.25) is 25.0 Å². The molecule has 0 amide bonds. The van der Waals surface area contributed by atoms with Gasteiger partial charge in [0.2, 0.25) is 0 Å². The molecule has 0 radical (unpaired) electrons. The monoisotopic (exact) mass is 1330 g/mol. The molecule has 0 spiro atoms. The fraction of sp³-hybridized carbons (Fsp3) is 0.467. The minimum absolute atomic E-state index is 0.00743. The highest BCUT2D eigenvalue weighted by Gasteiger charge is 2.31. The summed E-state index contributed by atoms with van der Waals surface area (Å²) in [7, 11) is 3.10. The molecule has 0 N–H and O–H groups in total. The number of esters is 2. The Morgan fingerprint density at radius 3 is 1.09 bits per heavy atom. The molecule has 0 aliphatic carbocycles. The third-order valence-corrected chi connectivity index (χ3v) is 16.8. The van der Waals surface area contributed by atoms with Gasteiger partial charge in [-0.2, -0.15) is 30.7 Å². The van der Waals surface area contributed by atoms with Crippen molar-refractivity contribution in [2.45, 2.75) is 171 Å². The second kappa shape index (κ2) is 42.8. The van der Waals surface area contributed by atoms with Crippen molar-refractivity contribution in [3.63, 3.8) is 0 Å². The summed E-state index contributed by atoms with van der Waals surface area (Å²) >= 11 is 0. The first-order valence-electron chi connectivity index (χ1n) is 34.1. The van der Waals surface area contributed by atoms with Crippen molar-refractivity contribution in [1.29, 1.82) is 0 Å². The maximum atomic E-state index is 12.8. The predicted octanol–water partition coefficient (Wildman–Crippen LogP) is 22.9. The van der Waals surface area contributed by atoms with E-state index in [0.29, 0.717) is 82.3 Å². The summed E-state index contributed by atoms with van der Waals surface area (Å²) in [6, 6.07) is 34.6. The fourth-order valence-corrected chi connectivity index (χ4v) is 10.2. The molecule has 0 aromatic heterocycles. The van der Waals surface area contributed by atoms with Crippen molar-refractivity contribution >= 4 is 80.2 Å². The number of anilines is 2. The number of methoxy groups -OCH3 is 2. The van der Waals surface area contributed by atoms with Crippen LogP contribution in [0, 0.1) is 39.5 Å². The van der Waals surface area contributed by atoms with Crippen LogP contribution in [0.1, 0.15) is 168 Å². The van der Waals surface area contributed by atoms with E-state index in [4.69, 9.17) is 18.9 Å². The average Bonchev–Trinajstić information content (AvgIpc) is 0.902. The van der Waals surface area contributed by atoms with Crippen LogP contribution >= 0.6 is 0 Å². The van der Waals surface area contributed by atoms with Gasteiger partial charge in [-0.15, -0.1) is 10.2 Å². The van der Waals surface area contributed by atoms with E-state index < -0.39 is 15.3 Å². The molecule has 6 rings (SSSR count). The molecule has 0 aliphatic heterocycles. The van der Waals surface area contributed by atoms with E-state index >= 15 is 0 Å². The van der Waals surface area contributed by atoms with Crippen LogP contribution in [0.25, 0.3) is 0 Å². The molecule has 0 saturated heterocycles. The topological polar surface area (TPSA) is 263 Å². The van der Waals surface area contributed by atoms with E-state index in [1.165, 1.54) is 126 Å². The van der Waals surface area contributed by atoms with Crippen LogP contribution in [-0.2, 0) is 19.1 Å². The second-order valence-electron chi connectivity index (χ2n) is 24.2. The lowest BCUT2D eigenvalue weighted by Gasteiger charge is -2.27. The SMILES string of the molecule is C=C(C)C(=O)OCCN(CCCCCCCCCC)c1ccc(N=Nc2cc(C)c(N=Nc3ccc([N+](=O)[O-])cc3)cc2OC)cc1.CCCCCCCCCCN(CCOC(=O)C(C)(CC)CC)c1ccc(N=Nc2cc(C)c(N=Nc3ccc([N+](=O)[O-])cc3)cc2OC)cc1. The molecule has 97 heavy (non-hydrogen) atoms. The van der Waals surface area contributed by atoms with E-state index in [1.54, 1.807) is 45.4 Å². The van der Waals surface area contributed by atoms with E-state index in [1.807, 2.05) is 95.3 Å². The normalized spacial score (nSPS) is 11.5. The third-order valence-electron chi connectivity index (χ3n) is 16.8. The van der Waals surface area contributed by atoms with Crippen molar-refractivity contribution in [3.05, 3.63) is 165 Å². The van der Waals surface area contributed by atoms with Crippen LogP contribution in [0.5, 0.6) is 11.5 Å². The smallest absolute Gasteiger partial charge is 0.333 e. The third kappa shape index (κ3) is 27.2. The van der Waals surface area contributed by atoms with Crippen molar-refractivity contribution in [3.8, 4) is 11.5 Å². The first kappa shape index (κ1) is 78.1. The Balaban J connectivity index is 0.000000351. The number of unbranched alkanes of at least 4 members (excludes halogenated alkanes) is 14. The van der Waals surface area contributed by atoms with Crippen LogP contribution in [-0.4, -0.2) is 75.4 Å². The van der Waals surface area contributed by atoms with Gasteiger partial charge in [0.25, 0.3) is 11.4 Å². The van der Waals surface area contributed by atoms with Gasteiger partial charge < -0.3 is 28.7 Å². The average molecular weight is 1330 g/mol. The quantitative estimate of drug-likeness (QED) is 0.00865. The molecule has 0 saturated carbocycles. The maximum absolute atomic E-state index is 12.8. The van der Waals surface area contributed by atoms with Gasteiger partial charge in [0.1, 0.15) is 36.1 Å². The Morgan fingerprint density at radius 2 is 0.773 bits per heavy atom. The van der Waals surface area contributed by atoms with Crippen LogP contribution in [0.4, 0.5) is 68.2 Å². The standard InChI is InChI=1S/C39H54N6O5.C36H46N6O5/c1-7-10-11-12-13-14-15-16-25-44(26-27-50-38(46)39(5,8-2)9-3)33-21-17-31(18-22-33)41-43-36-28-30(4)35(29-37(36)49-6)42-40-32-19-23-34(24-20-32)45(47)48;1-6-7-8-9-10-11-12-13-22-41(23-24-47-36(43)27(2)3)31-18-14-29(15-19-31)38-40-34-25-28(4)33(26-35(34)46-5)39-37-30-16-20-32(21-17-30)42(44)45/h17-24,28-29H,7-16,25-27H2,1-6H3;14-21,25-26H,2,6-13,22-24H2,1,3-5H3. The fourth-order valence-electron chi connectivity index (χ4n) is 10.2. The van der Waals surface area contributed by atoms with Gasteiger partial charge in [0, 0.05) is 66.4 Å². The summed E-state index contributed by atoms with van der Waals surface area (Å²) in [5.74, 6) is 0.465. The van der Waals surface area contributed by atoms with Crippen LogP contribution in [0.3, 0.4) is 0 Å². The number of nitro benzene ring substituents is 2. The Hall–Kier alpha value is -9.60. The highest BCUT2D eigenvalue weighted by atomic mass is 16.6.